The van der Waals surface area contributed by atoms with Gasteiger partial charge in [-0.2, -0.15) is 5.10 Å². The summed E-state index contributed by atoms with van der Waals surface area (Å²) >= 11 is 1.58. The molecule has 0 radical (unpaired) electrons. The fourth-order valence-corrected chi connectivity index (χ4v) is 2.57. The van der Waals surface area contributed by atoms with Gasteiger partial charge in [-0.1, -0.05) is 23.4 Å². The summed E-state index contributed by atoms with van der Waals surface area (Å²) in [4.78, 5) is 13.0. The average molecular weight is 299 g/mol. The molecule has 21 heavy (non-hydrogen) atoms. The highest BCUT2D eigenvalue weighted by atomic mass is 32.1. The van der Waals surface area contributed by atoms with E-state index in [2.05, 4.69) is 20.8 Å². The zero-order valence-electron chi connectivity index (χ0n) is 11.4. The van der Waals surface area contributed by atoms with Crippen LogP contribution in [-0.2, 0) is 11.3 Å². The standard InChI is InChI=1S/C14H13N5OS/c1-10(13-7-4-8-21-13)15-17-14(20)9-19-12-6-3-2-5-11(12)16-18-19/h2-8H,9H2,1H3,(H,17,20)/b15-10+. The summed E-state index contributed by atoms with van der Waals surface area (Å²) in [7, 11) is 0. The van der Waals surface area contributed by atoms with E-state index in [0.717, 1.165) is 21.6 Å². The van der Waals surface area contributed by atoms with Crippen molar-refractivity contribution < 1.29 is 4.79 Å². The van der Waals surface area contributed by atoms with Crippen molar-refractivity contribution in [1.29, 1.82) is 0 Å². The van der Waals surface area contributed by atoms with E-state index in [9.17, 15) is 4.79 Å². The van der Waals surface area contributed by atoms with Crippen LogP contribution in [0.2, 0.25) is 0 Å². The Labute approximate surface area is 125 Å². The maximum atomic E-state index is 11.9. The second kappa shape index (κ2) is 5.84. The number of nitrogens with one attached hydrogen (secondary N) is 1. The van der Waals surface area contributed by atoms with Crippen molar-refractivity contribution in [3.8, 4) is 0 Å². The molecule has 106 valence electrons. The van der Waals surface area contributed by atoms with Gasteiger partial charge < -0.3 is 0 Å². The predicted molar refractivity (Wildman–Crippen MR) is 82.2 cm³/mol. The van der Waals surface area contributed by atoms with E-state index in [1.807, 2.05) is 48.7 Å². The third-order valence-electron chi connectivity index (χ3n) is 2.94. The van der Waals surface area contributed by atoms with Crippen molar-refractivity contribution >= 4 is 34.0 Å². The minimum absolute atomic E-state index is 0.0851. The molecule has 0 aliphatic heterocycles. The number of carbonyl (C=O) groups excluding carboxylic acids is 1. The Hall–Kier alpha value is -2.54. The van der Waals surface area contributed by atoms with Crippen molar-refractivity contribution in [2.45, 2.75) is 13.5 Å². The van der Waals surface area contributed by atoms with Crippen LogP contribution in [0.5, 0.6) is 0 Å². The van der Waals surface area contributed by atoms with Gasteiger partial charge in [0.05, 0.1) is 11.2 Å². The van der Waals surface area contributed by atoms with E-state index < -0.39 is 0 Å². The lowest BCUT2D eigenvalue weighted by Crippen LogP contribution is -2.24. The molecule has 0 spiro atoms. The molecule has 7 heteroatoms. The first kappa shape index (κ1) is 13.4. The maximum absolute atomic E-state index is 11.9. The van der Waals surface area contributed by atoms with E-state index >= 15 is 0 Å². The second-order valence-corrected chi connectivity index (χ2v) is 5.39. The van der Waals surface area contributed by atoms with Crippen LogP contribution in [0.25, 0.3) is 11.0 Å². The van der Waals surface area contributed by atoms with Crippen molar-refractivity contribution in [2.24, 2.45) is 5.10 Å². The van der Waals surface area contributed by atoms with Crippen LogP contribution in [0.1, 0.15) is 11.8 Å². The molecule has 2 heterocycles. The minimum Gasteiger partial charge on any atom is -0.271 e. The third-order valence-corrected chi connectivity index (χ3v) is 3.92. The van der Waals surface area contributed by atoms with Gasteiger partial charge in [-0.05, 0) is 30.5 Å². The Morgan fingerprint density at radius 2 is 2.19 bits per heavy atom. The molecule has 2 aromatic heterocycles. The van der Waals surface area contributed by atoms with Gasteiger partial charge in [0.25, 0.3) is 5.91 Å². The van der Waals surface area contributed by atoms with Crippen LogP contribution in [0.3, 0.4) is 0 Å². The number of benzene rings is 1. The summed E-state index contributed by atoms with van der Waals surface area (Å²) in [6.07, 6.45) is 0. The largest absolute Gasteiger partial charge is 0.271 e. The van der Waals surface area contributed by atoms with Crippen LogP contribution in [-0.4, -0.2) is 26.6 Å². The number of para-hydroxylation sites is 1. The lowest BCUT2D eigenvalue weighted by molar-refractivity contribution is -0.121. The molecule has 0 saturated heterocycles. The van der Waals surface area contributed by atoms with Crippen LogP contribution >= 0.6 is 11.3 Å². The molecule has 0 saturated carbocycles. The van der Waals surface area contributed by atoms with Gasteiger partial charge in [0.1, 0.15) is 12.1 Å². The van der Waals surface area contributed by atoms with Crippen LogP contribution in [0, 0.1) is 0 Å². The summed E-state index contributed by atoms with van der Waals surface area (Å²) < 4.78 is 1.56. The van der Waals surface area contributed by atoms with E-state index in [1.165, 1.54) is 0 Å². The number of amides is 1. The molecule has 3 rings (SSSR count). The summed E-state index contributed by atoms with van der Waals surface area (Å²) in [6, 6.07) is 11.4. The summed E-state index contributed by atoms with van der Waals surface area (Å²) in [6.45, 7) is 1.94. The first-order valence-electron chi connectivity index (χ1n) is 6.39. The van der Waals surface area contributed by atoms with Crippen LogP contribution in [0.15, 0.2) is 46.9 Å². The highest BCUT2D eigenvalue weighted by molar-refractivity contribution is 7.12. The number of hydrogen-bond acceptors (Lipinski definition) is 5. The Morgan fingerprint density at radius 3 is 3.00 bits per heavy atom. The quantitative estimate of drug-likeness (QED) is 0.592. The smallest absolute Gasteiger partial charge is 0.261 e. The molecule has 0 aliphatic carbocycles. The number of nitrogens with zero attached hydrogens (tertiary/aromatic N) is 4. The molecule has 0 aliphatic rings. The lowest BCUT2D eigenvalue weighted by Gasteiger charge is -2.02. The van der Waals surface area contributed by atoms with Gasteiger partial charge in [0, 0.05) is 4.88 Å². The summed E-state index contributed by atoms with van der Waals surface area (Å²) in [5, 5.41) is 14.0. The predicted octanol–water partition coefficient (Wildman–Crippen LogP) is 2.03. The van der Waals surface area contributed by atoms with Crippen LogP contribution in [0.4, 0.5) is 0 Å². The molecular formula is C14H13N5OS. The van der Waals surface area contributed by atoms with Gasteiger partial charge in [0.15, 0.2) is 0 Å². The van der Waals surface area contributed by atoms with Crippen molar-refractivity contribution in [3.05, 3.63) is 46.7 Å². The van der Waals surface area contributed by atoms with Gasteiger partial charge in [-0.15, -0.1) is 16.4 Å². The number of carbonyl (C=O) groups is 1. The number of thiophene rings is 1. The van der Waals surface area contributed by atoms with Crippen molar-refractivity contribution in [2.75, 3.05) is 0 Å². The van der Waals surface area contributed by atoms with Crippen molar-refractivity contribution in [3.63, 3.8) is 0 Å². The molecule has 1 N–H and O–H groups in total. The average Bonchev–Trinajstić information content (AvgIpc) is 3.15. The third kappa shape index (κ3) is 2.97. The molecule has 0 atom stereocenters. The Kier molecular flexibility index (Phi) is 3.74. The van der Waals surface area contributed by atoms with Gasteiger partial charge >= 0.3 is 0 Å². The highest BCUT2D eigenvalue weighted by Crippen LogP contribution is 2.10. The summed E-state index contributed by atoms with van der Waals surface area (Å²) in [5.74, 6) is -0.235. The van der Waals surface area contributed by atoms with Crippen molar-refractivity contribution in [1.82, 2.24) is 20.4 Å². The number of aromatic nitrogens is 3. The molecule has 0 bridgehead atoms. The number of hydrazone groups is 1. The first-order valence-corrected chi connectivity index (χ1v) is 7.27. The number of rotatable bonds is 4. The van der Waals surface area contributed by atoms with Gasteiger partial charge in [0.2, 0.25) is 0 Å². The van der Waals surface area contributed by atoms with Crippen LogP contribution < -0.4 is 5.43 Å². The fourth-order valence-electron chi connectivity index (χ4n) is 1.89. The fraction of sp³-hybridized carbons (Fsp3) is 0.143. The molecule has 3 aromatic rings. The zero-order valence-corrected chi connectivity index (χ0v) is 12.2. The normalized spacial score (nSPS) is 11.8. The van der Waals surface area contributed by atoms with E-state index in [1.54, 1.807) is 16.0 Å². The Balaban J connectivity index is 1.68. The molecule has 0 fully saturated rings. The van der Waals surface area contributed by atoms with Gasteiger partial charge in [-0.25, -0.2) is 10.1 Å². The van der Waals surface area contributed by atoms with Gasteiger partial charge in [-0.3, -0.25) is 4.79 Å². The maximum Gasteiger partial charge on any atom is 0.261 e. The SMILES string of the molecule is C/C(=N\NC(=O)Cn1nnc2ccccc21)c1cccs1. The minimum atomic E-state index is -0.235. The zero-order chi connectivity index (χ0) is 14.7. The molecular weight excluding hydrogens is 286 g/mol. The van der Waals surface area contributed by atoms with E-state index in [-0.39, 0.29) is 12.5 Å². The second-order valence-electron chi connectivity index (χ2n) is 4.45. The Morgan fingerprint density at radius 1 is 1.33 bits per heavy atom. The van der Waals surface area contributed by atoms with E-state index in [0.29, 0.717) is 0 Å². The topological polar surface area (TPSA) is 72.2 Å². The molecule has 1 amide bonds. The molecule has 6 nitrogen and oxygen atoms in total. The highest BCUT2D eigenvalue weighted by Gasteiger charge is 2.08. The Bertz CT molecular complexity index is 791. The lowest BCUT2D eigenvalue weighted by atomic mass is 10.3. The number of fused-ring (bicyclic) bond motifs is 1. The monoisotopic (exact) mass is 299 g/mol. The molecule has 0 unspecified atom stereocenters. The first-order chi connectivity index (χ1) is 10.2. The number of hydrogen-bond donors (Lipinski definition) is 1. The summed E-state index contributed by atoms with van der Waals surface area (Å²) in [5.41, 5.74) is 4.91. The molecule has 1 aromatic carbocycles. The van der Waals surface area contributed by atoms with E-state index in [4.69, 9.17) is 0 Å².